The van der Waals surface area contributed by atoms with E-state index in [0.29, 0.717) is 24.3 Å². The van der Waals surface area contributed by atoms with Crippen molar-refractivity contribution >= 4 is 35.2 Å². The number of nitro groups is 1. The second-order valence-corrected chi connectivity index (χ2v) is 8.03. The van der Waals surface area contributed by atoms with E-state index in [1.165, 1.54) is 47.9 Å². The summed E-state index contributed by atoms with van der Waals surface area (Å²) in [5.41, 5.74) is 0.784. The molecule has 158 valence electrons. The van der Waals surface area contributed by atoms with E-state index < -0.39 is 10.9 Å². The number of thioether (sulfide) groups is 1. The van der Waals surface area contributed by atoms with Crippen molar-refractivity contribution in [2.75, 3.05) is 12.3 Å². The number of nitro benzene ring substituents is 1. The third kappa shape index (κ3) is 4.38. The first-order valence-corrected chi connectivity index (χ1v) is 10.3. The third-order valence-corrected chi connectivity index (χ3v) is 6.00. The fourth-order valence-corrected chi connectivity index (χ4v) is 4.47. The van der Waals surface area contributed by atoms with E-state index in [9.17, 15) is 24.5 Å². The molecule has 1 fully saturated rings. The Kier molecular flexibility index (Phi) is 6.56. The van der Waals surface area contributed by atoms with Gasteiger partial charge in [0.1, 0.15) is 12.3 Å². The van der Waals surface area contributed by atoms with Crippen molar-refractivity contribution in [3.05, 3.63) is 63.2 Å². The summed E-state index contributed by atoms with van der Waals surface area (Å²) in [7, 11) is 0. The Morgan fingerprint density at radius 3 is 2.70 bits per heavy atom. The Balaban J connectivity index is 1.69. The second kappa shape index (κ2) is 9.12. The first-order chi connectivity index (χ1) is 14.3. The first-order valence-electron chi connectivity index (χ1n) is 9.30. The van der Waals surface area contributed by atoms with Gasteiger partial charge in [-0.05, 0) is 17.7 Å². The molecule has 0 saturated carbocycles. The maximum absolute atomic E-state index is 12.8. The quantitative estimate of drug-likeness (QED) is 0.159. The number of hydrogen-bond acceptors (Lipinski definition) is 7. The normalized spacial score (nSPS) is 19.8. The molecule has 30 heavy (non-hydrogen) atoms. The molecule has 2 aliphatic rings. The lowest BCUT2D eigenvalue weighted by Crippen LogP contribution is -2.57. The van der Waals surface area contributed by atoms with Crippen molar-refractivity contribution in [3.8, 4) is 0 Å². The van der Waals surface area contributed by atoms with Gasteiger partial charge in [0, 0.05) is 42.7 Å². The molecule has 2 aliphatic heterocycles. The molecule has 10 heteroatoms. The number of ether oxygens (including phenoxy) is 1. The molecule has 0 spiro atoms. The lowest BCUT2D eigenvalue weighted by molar-refractivity contribution is -0.384. The zero-order valence-corrected chi connectivity index (χ0v) is 17.1. The number of nitrogens with one attached hydrogen (secondary N) is 1. The van der Waals surface area contributed by atoms with Gasteiger partial charge in [-0.2, -0.15) is 0 Å². The van der Waals surface area contributed by atoms with E-state index in [1.54, 1.807) is 6.08 Å². The Bertz CT molecular complexity index is 927. The predicted molar refractivity (Wildman–Crippen MR) is 110 cm³/mol. The summed E-state index contributed by atoms with van der Waals surface area (Å²) >= 11 is 1.41. The van der Waals surface area contributed by atoms with Crippen LogP contribution in [0.3, 0.4) is 0 Å². The van der Waals surface area contributed by atoms with Gasteiger partial charge in [0.25, 0.3) is 5.69 Å². The highest BCUT2D eigenvalue weighted by atomic mass is 32.2. The fraction of sp³-hybridized carbons (Fsp3) is 0.350. The maximum Gasteiger partial charge on any atom is 0.356 e. The number of amides is 2. The molecular weight excluding hydrogens is 410 g/mol. The average molecular weight is 431 g/mol. The number of rotatable bonds is 9. The highest BCUT2D eigenvalue weighted by molar-refractivity contribution is 8.03. The number of β-lactam (4-membered cyclic amide) rings is 1. The van der Waals surface area contributed by atoms with E-state index in [1.807, 2.05) is 0 Å². The molecule has 9 nitrogen and oxygen atoms in total. The summed E-state index contributed by atoms with van der Waals surface area (Å²) in [6.07, 6.45) is 2.13. The van der Waals surface area contributed by atoms with Crippen molar-refractivity contribution in [2.24, 2.45) is 5.92 Å². The van der Waals surface area contributed by atoms with Crippen LogP contribution in [0.25, 0.3) is 0 Å². The number of carbonyl (C=O) groups is 3. The molecule has 2 atom stereocenters. The van der Waals surface area contributed by atoms with Crippen molar-refractivity contribution in [3.63, 3.8) is 0 Å². The molecule has 0 radical (unpaired) electrons. The Morgan fingerprint density at radius 2 is 2.10 bits per heavy atom. The number of esters is 1. The number of benzene rings is 1. The van der Waals surface area contributed by atoms with Crippen LogP contribution in [0, 0.1) is 16.0 Å². The van der Waals surface area contributed by atoms with Crippen LogP contribution in [0.1, 0.15) is 18.9 Å². The molecule has 0 unspecified atom stereocenters. The molecular formula is C20H21N3O6S. The average Bonchev–Trinajstić information content (AvgIpc) is 3.04. The van der Waals surface area contributed by atoms with Crippen LogP contribution in [0.15, 0.2) is 47.5 Å². The maximum atomic E-state index is 12.8. The molecule has 2 amide bonds. The van der Waals surface area contributed by atoms with E-state index in [-0.39, 0.29) is 41.8 Å². The van der Waals surface area contributed by atoms with Gasteiger partial charge in [-0.15, -0.1) is 18.3 Å². The van der Waals surface area contributed by atoms with Crippen LogP contribution in [0.4, 0.5) is 5.69 Å². The van der Waals surface area contributed by atoms with Crippen LogP contribution in [0.2, 0.25) is 0 Å². The predicted octanol–water partition coefficient (Wildman–Crippen LogP) is 2.14. The summed E-state index contributed by atoms with van der Waals surface area (Å²) in [4.78, 5) is 48.7. The zero-order valence-electron chi connectivity index (χ0n) is 16.3. The number of non-ortho nitro benzene ring substituents is 1. The second-order valence-electron chi connectivity index (χ2n) is 6.84. The minimum atomic E-state index is -0.617. The summed E-state index contributed by atoms with van der Waals surface area (Å²) in [6, 6.07) is 5.57. The standard InChI is InChI=1S/C20H21N3O6S/c1-3-15-16-10-17(30-9-8-21-12(2)24)18(22(16)19(15)25)20(26)29-11-13-4-6-14(7-5-13)23(27)28/h3-7,15-16H,1,8-11H2,2H3,(H,21,24)/t15-,16-/m1/s1. The lowest BCUT2D eigenvalue weighted by Gasteiger charge is -2.41. The van der Waals surface area contributed by atoms with E-state index in [0.717, 1.165) is 4.91 Å². The van der Waals surface area contributed by atoms with Gasteiger partial charge in [0.15, 0.2) is 0 Å². The molecule has 1 saturated heterocycles. The van der Waals surface area contributed by atoms with Crippen LogP contribution < -0.4 is 5.32 Å². The van der Waals surface area contributed by atoms with Gasteiger partial charge in [0.2, 0.25) is 11.8 Å². The summed E-state index contributed by atoms with van der Waals surface area (Å²) in [6.45, 7) is 5.50. The lowest BCUT2D eigenvalue weighted by atomic mass is 9.88. The molecule has 3 rings (SSSR count). The van der Waals surface area contributed by atoms with Gasteiger partial charge < -0.3 is 15.0 Å². The third-order valence-electron chi connectivity index (χ3n) is 4.88. The van der Waals surface area contributed by atoms with Crippen LogP contribution >= 0.6 is 11.8 Å². The summed E-state index contributed by atoms with van der Waals surface area (Å²) in [5.74, 6) is -0.703. The van der Waals surface area contributed by atoms with Gasteiger partial charge in [-0.3, -0.25) is 19.7 Å². The van der Waals surface area contributed by atoms with Crippen molar-refractivity contribution in [2.45, 2.75) is 26.0 Å². The SMILES string of the molecule is C=C[C@H]1C(=O)N2C(C(=O)OCc3ccc([N+](=O)[O-])cc3)=C(SCCNC(C)=O)C[C@H]12. The molecule has 0 bridgehead atoms. The topological polar surface area (TPSA) is 119 Å². The minimum Gasteiger partial charge on any atom is -0.456 e. The summed E-state index contributed by atoms with van der Waals surface area (Å²) in [5, 5.41) is 13.4. The van der Waals surface area contributed by atoms with Crippen LogP contribution in [0.5, 0.6) is 0 Å². The fourth-order valence-electron chi connectivity index (χ4n) is 3.41. The number of carbonyl (C=O) groups excluding carboxylic acids is 3. The highest BCUT2D eigenvalue weighted by Crippen LogP contribution is 2.46. The van der Waals surface area contributed by atoms with Gasteiger partial charge in [-0.1, -0.05) is 6.08 Å². The molecule has 0 aliphatic carbocycles. The van der Waals surface area contributed by atoms with Gasteiger partial charge >= 0.3 is 5.97 Å². The molecule has 1 N–H and O–H groups in total. The zero-order chi connectivity index (χ0) is 21.8. The number of fused-ring (bicyclic) bond motifs is 1. The summed E-state index contributed by atoms with van der Waals surface area (Å²) < 4.78 is 5.39. The monoisotopic (exact) mass is 431 g/mol. The van der Waals surface area contributed by atoms with E-state index >= 15 is 0 Å². The van der Waals surface area contributed by atoms with Crippen molar-refractivity contribution < 1.29 is 24.0 Å². The van der Waals surface area contributed by atoms with Crippen molar-refractivity contribution in [1.29, 1.82) is 0 Å². The first kappa shape index (κ1) is 21.6. The molecule has 1 aromatic carbocycles. The van der Waals surface area contributed by atoms with E-state index in [4.69, 9.17) is 4.74 Å². The van der Waals surface area contributed by atoms with E-state index in [2.05, 4.69) is 11.9 Å². The van der Waals surface area contributed by atoms with Gasteiger partial charge in [0.05, 0.1) is 16.9 Å². The van der Waals surface area contributed by atoms with Crippen LogP contribution in [-0.2, 0) is 25.7 Å². The Hall–Kier alpha value is -3.14. The van der Waals surface area contributed by atoms with Crippen molar-refractivity contribution in [1.82, 2.24) is 10.2 Å². The van der Waals surface area contributed by atoms with Crippen LogP contribution in [-0.4, -0.2) is 45.9 Å². The molecule has 1 aromatic rings. The number of nitrogens with zero attached hydrogens (tertiary/aromatic N) is 2. The minimum absolute atomic E-state index is 0.0501. The van der Waals surface area contributed by atoms with Gasteiger partial charge in [-0.25, -0.2) is 4.79 Å². The number of hydrogen-bond donors (Lipinski definition) is 1. The Morgan fingerprint density at radius 1 is 1.40 bits per heavy atom. The Labute approximate surface area is 177 Å². The smallest absolute Gasteiger partial charge is 0.356 e. The molecule has 0 aromatic heterocycles. The largest absolute Gasteiger partial charge is 0.456 e. The highest BCUT2D eigenvalue weighted by Gasteiger charge is 2.54. The molecule has 2 heterocycles.